The summed E-state index contributed by atoms with van der Waals surface area (Å²) >= 11 is 0. The molecule has 0 aliphatic carbocycles. The number of rotatable bonds is 4. The maximum absolute atomic E-state index is 4.06. The molecule has 2 heterocycles. The largest absolute Gasteiger partial charge is 0.309 e. The lowest BCUT2D eigenvalue weighted by molar-refractivity contribution is 0.691. The van der Waals surface area contributed by atoms with Crippen LogP contribution in [-0.4, -0.2) is 9.97 Å². The molecular weight excluding hydrogens is 222 g/mol. The molecule has 0 unspecified atom stereocenters. The fourth-order valence-corrected chi connectivity index (χ4v) is 1.35. The maximum atomic E-state index is 4.06. The van der Waals surface area contributed by atoms with Gasteiger partial charge in [-0.05, 0) is 29.3 Å². The highest BCUT2D eigenvalue weighted by Gasteiger charge is 1.92. The van der Waals surface area contributed by atoms with Gasteiger partial charge in [0.05, 0.1) is 0 Å². The van der Waals surface area contributed by atoms with Crippen LogP contribution in [-0.2, 0) is 13.1 Å². The fraction of sp³-hybridized carbons (Fsp3) is 0.167. The third-order valence-corrected chi connectivity index (χ3v) is 2.13. The topological polar surface area (TPSA) is 37.8 Å². The predicted octanol–water partition coefficient (Wildman–Crippen LogP) is 2.19. The van der Waals surface area contributed by atoms with Crippen molar-refractivity contribution in [2.45, 2.75) is 13.1 Å². The maximum Gasteiger partial charge on any atom is 0.0312 e. The van der Waals surface area contributed by atoms with Gasteiger partial charge in [-0.25, -0.2) is 0 Å². The number of nitrogens with one attached hydrogen (secondary N) is 1. The average molecular weight is 236 g/mol. The van der Waals surface area contributed by atoms with E-state index in [-0.39, 0.29) is 12.4 Å². The van der Waals surface area contributed by atoms with Crippen LogP contribution in [0.2, 0.25) is 0 Å². The zero-order valence-electron chi connectivity index (χ0n) is 8.84. The first-order valence-corrected chi connectivity index (χ1v) is 4.94. The second-order valence-electron chi connectivity index (χ2n) is 3.32. The van der Waals surface area contributed by atoms with E-state index in [9.17, 15) is 0 Å². The summed E-state index contributed by atoms with van der Waals surface area (Å²) in [5, 5.41) is 3.35. The molecule has 0 saturated heterocycles. The number of halogens is 1. The van der Waals surface area contributed by atoms with E-state index in [2.05, 4.69) is 21.4 Å². The lowest BCUT2D eigenvalue weighted by Gasteiger charge is -2.03. The minimum Gasteiger partial charge on any atom is -0.309 e. The molecule has 2 rings (SSSR count). The molecule has 0 aromatic carbocycles. The molecule has 2 aromatic rings. The second-order valence-corrected chi connectivity index (χ2v) is 3.32. The van der Waals surface area contributed by atoms with E-state index >= 15 is 0 Å². The molecule has 0 atom stereocenters. The molecule has 3 nitrogen and oxygen atoms in total. The van der Waals surface area contributed by atoms with E-state index in [0.29, 0.717) is 0 Å². The van der Waals surface area contributed by atoms with Crippen LogP contribution in [0, 0.1) is 0 Å². The molecule has 1 N–H and O–H groups in total. The van der Waals surface area contributed by atoms with E-state index in [1.807, 2.05) is 24.4 Å². The minimum absolute atomic E-state index is 0. The Kier molecular flexibility index (Phi) is 5.46. The Morgan fingerprint density at radius 1 is 0.875 bits per heavy atom. The summed E-state index contributed by atoms with van der Waals surface area (Å²) in [5.41, 5.74) is 2.44. The number of pyridine rings is 2. The summed E-state index contributed by atoms with van der Waals surface area (Å²) < 4.78 is 0. The Morgan fingerprint density at radius 2 is 1.62 bits per heavy atom. The summed E-state index contributed by atoms with van der Waals surface area (Å²) in [6, 6.07) is 8.03. The van der Waals surface area contributed by atoms with Gasteiger partial charge in [-0.1, -0.05) is 6.07 Å². The van der Waals surface area contributed by atoms with Crippen molar-refractivity contribution in [2.75, 3.05) is 0 Å². The second kappa shape index (κ2) is 6.93. The Bertz CT molecular complexity index is 352. The quantitative estimate of drug-likeness (QED) is 0.883. The van der Waals surface area contributed by atoms with Crippen molar-refractivity contribution in [3.8, 4) is 0 Å². The highest BCUT2D eigenvalue weighted by molar-refractivity contribution is 5.85. The lowest BCUT2D eigenvalue weighted by Crippen LogP contribution is -2.12. The number of hydrogen-bond acceptors (Lipinski definition) is 3. The van der Waals surface area contributed by atoms with Crippen molar-refractivity contribution in [1.82, 2.24) is 15.3 Å². The van der Waals surface area contributed by atoms with E-state index < -0.39 is 0 Å². The van der Waals surface area contributed by atoms with E-state index in [4.69, 9.17) is 0 Å². The van der Waals surface area contributed by atoms with E-state index in [1.165, 1.54) is 11.1 Å². The summed E-state index contributed by atoms with van der Waals surface area (Å²) in [4.78, 5) is 8.03. The number of aromatic nitrogens is 2. The predicted molar refractivity (Wildman–Crippen MR) is 66.3 cm³/mol. The summed E-state index contributed by atoms with van der Waals surface area (Å²) in [7, 11) is 0. The van der Waals surface area contributed by atoms with Gasteiger partial charge in [0.15, 0.2) is 0 Å². The SMILES string of the molecule is Cl.c1cncc(CNCc2ccncc2)c1. The first-order chi connectivity index (χ1) is 7.45. The van der Waals surface area contributed by atoms with Gasteiger partial charge in [0.25, 0.3) is 0 Å². The summed E-state index contributed by atoms with van der Waals surface area (Å²) in [6.07, 6.45) is 7.27. The van der Waals surface area contributed by atoms with Crippen molar-refractivity contribution < 1.29 is 0 Å². The van der Waals surface area contributed by atoms with Crippen LogP contribution in [0.1, 0.15) is 11.1 Å². The Labute approximate surface area is 101 Å². The number of nitrogens with zero attached hydrogens (tertiary/aromatic N) is 2. The normalized spacial score (nSPS) is 9.50. The smallest absolute Gasteiger partial charge is 0.0312 e. The molecule has 0 aliphatic rings. The Hall–Kier alpha value is -1.45. The molecule has 4 heteroatoms. The van der Waals surface area contributed by atoms with Gasteiger partial charge < -0.3 is 5.32 Å². The molecule has 0 amide bonds. The number of hydrogen-bond donors (Lipinski definition) is 1. The van der Waals surface area contributed by atoms with Gasteiger partial charge in [-0.15, -0.1) is 12.4 Å². The highest BCUT2D eigenvalue weighted by atomic mass is 35.5. The van der Waals surface area contributed by atoms with Crippen molar-refractivity contribution in [3.05, 3.63) is 60.2 Å². The third-order valence-electron chi connectivity index (χ3n) is 2.13. The van der Waals surface area contributed by atoms with Crippen molar-refractivity contribution >= 4 is 12.4 Å². The van der Waals surface area contributed by atoms with Crippen LogP contribution in [0.4, 0.5) is 0 Å². The zero-order chi connectivity index (χ0) is 10.3. The van der Waals surface area contributed by atoms with Gasteiger partial charge in [0, 0.05) is 37.9 Å². The molecule has 0 spiro atoms. The molecule has 0 saturated carbocycles. The van der Waals surface area contributed by atoms with Gasteiger partial charge in [-0.2, -0.15) is 0 Å². The molecule has 0 radical (unpaired) electrons. The molecule has 0 aliphatic heterocycles. The summed E-state index contributed by atoms with van der Waals surface area (Å²) in [5.74, 6) is 0. The molecule has 84 valence electrons. The minimum atomic E-state index is 0. The van der Waals surface area contributed by atoms with Crippen LogP contribution in [0.15, 0.2) is 49.1 Å². The molecule has 0 fully saturated rings. The van der Waals surface area contributed by atoms with Crippen LogP contribution < -0.4 is 5.32 Å². The first kappa shape index (κ1) is 12.6. The van der Waals surface area contributed by atoms with E-state index in [0.717, 1.165) is 13.1 Å². The highest BCUT2D eigenvalue weighted by Crippen LogP contribution is 1.98. The van der Waals surface area contributed by atoms with Crippen molar-refractivity contribution in [1.29, 1.82) is 0 Å². The van der Waals surface area contributed by atoms with Gasteiger partial charge in [0.1, 0.15) is 0 Å². The standard InChI is InChI=1S/C12H13N3.ClH/c1-2-12(9-14-5-1)10-15-8-11-3-6-13-7-4-11;/h1-7,9,15H,8,10H2;1H. The third kappa shape index (κ3) is 3.96. The molecule has 2 aromatic heterocycles. The molecule has 16 heavy (non-hydrogen) atoms. The first-order valence-electron chi connectivity index (χ1n) is 4.94. The van der Waals surface area contributed by atoms with Crippen molar-refractivity contribution in [2.24, 2.45) is 0 Å². The van der Waals surface area contributed by atoms with Crippen LogP contribution in [0.25, 0.3) is 0 Å². The van der Waals surface area contributed by atoms with Gasteiger partial charge >= 0.3 is 0 Å². The van der Waals surface area contributed by atoms with Crippen molar-refractivity contribution in [3.63, 3.8) is 0 Å². The Balaban J connectivity index is 0.00000128. The fourth-order valence-electron chi connectivity index (χ4n) is 1.35. The van der Waals surface area contributed by atoms with Crippen LogP contribution >= 0.6 is 12.4 Å². The average Bonchev–Trinajstić information content (AvgIpc) is 2.32. The molecular formula is C12H14ClN3. The van der Waals surface area contributed by atoms with Gasteiger partial charge in [-0.3, -0.25) is 9.97 Å². The monoisotopic (exact) mass is 235 g/mol. The van der Waals surface area contributed by atoms with Gasteiger partial charge in [0.2, 0.25) is 0 Å². The summed E-state index contributed by atoms with van der Waals surface area (Å²) in [6.45, 7) is 1.70. The zero-order valence-corrected chi connectivity index (χ0v) is 9.65. The van der Waals surface area contributed by atoms with Crippen LogP contribution in [0.5, 0.6) is 0 Å². The van der Waals surface area contributed by atoms with Crippen LogP contribution in [0.3, 0.4) is 0 Å². The molecule has 0 bridgehead atoms. The van der Waals surface area contributed by atoms with E-state index in [1.54, 1.807) is 18.6 Å². The lowest BCUT2D eigenvalue weighted by atomic mass is 10.2. The Morgan fingerprint density at radius 3 is 2.31 bits per heavy atom.